The van der Waals surface area contributed by atoms with Crippen molar-refractivity contribution >= 4 is 11.3 Å². The summed E-state index contributed by atoms with van der Waals surface area (Å²) in [7, 11) is 4.23. The van der Waals surface area contributed by atoms with E-state index in [1.165, 1.54) is 9.88 Å². The van der Waals surface area contributed by atoms with Crippen LogP contribution in [0.3, 0.4) is 0 Å². The van der Waals surface area contributed by atoms with Gasteiger partial charge in [0, 0.05) is 29.7 Å². The van der Waals surface area contributed by atoms with Crippen molar-refractivity contribution in [3.8, 4) is 0 Å². The highest BCUT2D eigenvalue weighted by atomic mass is 32.1. The van der Waals surface area contributed by atoms with Crippen molar-refractivity contribution in [2.45, 2.75) is 39.3 Å². The summed E-state index contributed by atoms with van der Waals surface area (Å²) < 4.78 is 0. The Kier molecular flexibility index (Phi) is 4.89. The van der Waals surface area contributed by atoms with Crippen molar-refractivity contribution in [2.24, 2.45) is 0 Å². The number of thiazole rings is 1. The Morgan fingerprint density at radius 1 is 1.44 bits per heavy atom. The van der Waals surface area contributed by atoms with E-state index in [0.29, 0.717) is 0 Å². The van der Waals surface area contributed by atoms with Gasteiger partial charge in [0.25, 0.3) is 0 Å². The molecule has 1 aromatic heterocycles. The lowest BCUT2D eigenvalue weighted by molar-refractivity contribution is 0.190. The van der Waals surface area contributed by atoms with Gasteiger partial charge in [0.1, 0.15) is 0 Å². The molecule has 0 saturated carbocycles. The fourth-order valence-corrected chi connectivity index (χ4v) is 2.07. The maximum atomic E-state index is 4.35. The number of rotatable bonds is 6. The molecule has 16 heavy (non-hydrogen) atoms. The first-order valence-electron chi connectivity index (χ1n) is 5.77. The van der Waals surface area contributed by atoms with Crippen LogP contribution in [0.5, 0.6) is 0 Å². The molecule has 0 bridgehead atoms. The molecule has 1 heterocycles. The Morgan fingerprint density at radius 2 is 2.12 bits per heavy atom. The van der Waals surface area contributed by atoms with Crippen molar-refractivity contribution in [2.75, 3.05) is 20.6 Å². The maximum Gasteiger partial charge on any atom is 0.0925 e. The van der Waals surface area contributed by atoms with Crippen molar-refractivity contribution in [1.29, 1.82) is 0 Å². The fraction of sp³-hybridized carbons (Fsp3) is 0.750. The highest BCUT2D eigenvalue weighted by molar-refractivity contribution is 7.11. The third kappa shape index (κ3) is 3.85. The molecule has 1 rings (SSSR count). The average molecular weight is 241 g/mol. The van der Waals surface area contributed by atoms with Gasteiger partial charge in [-0.3, -0.25) is 0 Å². The summed E-state index contributed by atoms with van der Waals surface area (Å²) in [6, 6.07) is 0. The molecule has 1 aromatic rings. The number of likely N-dealkylation sites (N-methyl/N-ethyl adjacent to an activating group) is 1. The summed E-state index contributed by atoms with van der Waals surface area (Å²) in [5.74, 6) is 0. The molecular weight excluding hydrogens is 218 g/mol. The minimum absolute atomic E-state index is 0.193. The van der Waals surface area contributed by atoms with Gasteiger partial charge in [-0.15, -0.1) is 11.3 Å². The van der Waals surface area contributed by atoms with Crippen LogP contribution >= 0.6 is 11.3 Å². The second-order valence-corrected chi connectivity index (χ2v) is 6.08. The minimum atomic E-state index is 0.193. The second kappa shape index (κ2) is 5.75. The van der Waals surface area contributed by atoms with Crippen molar-refractivity contribution < 1.29 is 0 Å². The lowest BCUT2D eigenvalue weighted by Gasteiger charge is -2.32. The molecule has 92 valence electrons. The van der Waals surface area contributed by atoms with Gasteiger partial charge >= 0.3 is 0 Å². The Morgan fingerprint density at radius 3 is 2.62 bits per heavy atom. The first-order valence-corrected chi connectivity index (χ1v) is 6.59. The monoisotopic (exact) mass is 241 g/mol. The topological polar surface area (TPSA) is 28.2 Å². The molecule has 0 aliphatic heterocycles. The largest absolute Gasteiger partial charge is 0.310 e. The van der Waals surface area contributed by atoms with Gasteiger partial charge in [-0.2, -0.15) is 0 Å². The van der Waals surface area contributed by atoms with Gasteiger partial charge < -0.3 is 10.2 Å². The van der Waals surface area contributed by atoms with E-state index in [0.717, 1.165) is 19.5 Å². The van der Waals surface area contributed by atoms with Crippen LogP contribution in [0.15, 0.2) is 6.20 Å². The van der Waals surface area contributed by atoms with Crippen LogP contribution < -0.4 is 5.32 Å². The van der Waals surface area contributed by atoms with Crippen LogP contribution in [0.1, 0.15) is 30.7 Å². The van der Waals surface area contributed by atoms with E-state index in [9.17, 15) is 0 Å². The van der Waals surface area contributed by atoms with E-state index >= 15 is 0 Å². The summed E-state index contributed by atoms with van der Waals surface area (Å²) in [4.78, 5) is 7.92. The molecule has 0 aliphatic rings. The fourth-order valence-electron chi connectivity index (χ4n) is 1.24. The summed E-state index contributed by atoms with van der Waals surface area (Å²) >= 11 is 1.80. The van der Waals surface area contributed by atoms with Crippen LogP contribution in [-0.2, 0) is 13.0 Å². The smallest absolute Gasteiger partial charge is 0.0925 e. The summed E-state index contributed by atoms with van der Waals surface area (Å²) in [6.45, 7) is 8.54. The number of aryl methyl sites for hydroxylation is 1. The molecule has 0 amide bonds. The van der Waals surface area contributed by atoms with E-state index in [-0.39, 0.29) is 5.54 Å². The van der Waals surface area contributed by atoms with E-state index in [1.54, 1.807) is 11.3 Å². The van der Waals surface area contributed by atoms with Gasteiger partial charge in [-0.05, 0) is 34.4 Å². The highest BCUT2D eigenvalue weighted by Crippen LogP contribution is 2.14. The second-order valence-electron chi connectivity index (χ2n) is 4.88. The molecule has 0 aromatic carbocycles. The molecule has 0 saturated heterocycles. The van der Waals surface area contributed by atoms with Crippen molar-refractivity contribution in [3.05, 3.63) is 16.1 Å². The predicted molar refractivity (Wildman–Crippen MR) is 71.0 cm³/mol. The zero-order valence-electron chi connectivity index (χ0n) is 11.0. The molecule has 0 atom stereocenters. The van der Waals surface area contributed by atoms with Crippen LogP contribution in [0.2, 0.25) is 0 Å². The number of aromatic nitrogens is 1. The molecule has 4 heteroatoms. The van der Waals surface area contributed by atoms with E-state index in [4.69, 9.17) is 0 Å². The molecule has 0 radical (unpaired) electrons. The van der Waals surface area contributed by atoms with Gasteiger partial charge in [0.05, 0.1) is 5.01 Å². The van der Waals surface area contributed by atoms with E-state index in [2.05, 4.69) is 50.1 Å². The van der Waals surface area contributed by atoms with Crippen LogP contribution in [-0.4, -0.2) is 36.1 Å². The number of nitrogens with zero attached hydrogens (tertiary/aromatic N) is 2. The van der Waals surface area contributed by atoms with E-state index in [1.807, 2.05) is 6.20 Å². The SMILES string of the molecule is CCc1ncc(CNCC(C)(C)N(C)C)s1. The quantitative estimate of drug-likeness (QED) is 0.827. The van der Waals surface area contributed by atoms with Crippen LogP contribution in [0, 0.1) is 0 Å². The third-order valence-corrected chi connectivity index (χ3v) is 4.11. The van der Waals surface area contributed by atoms with Gasteiger partial charge in [-0.25, -0.2) is 4.98 Å². The molecular formula is C12H23N3S. The lowest BCUT2D eigenvalue weighted by atomic mass is 10.0. The first kappa shape index (κ1) is 13.6. The number of hydrogen-bond acceptors (Lipinski definition) is 4. The molecule has 3 nitrogen and oxygen atoms in total. The molecule has 0 unspecified atom stereocenters. The Bertz CT molecular complexity index is 318. The lowest BCUT2D eigenvalue weighted by Crippen LogP contribution is -2.46. The first-order chi connectivity index (χ1) is 7.45. The highest BCUT2D eigenvalue weighted by Gasteiger charge is 2.19. The van der Waals surface area contributed by atoms with Gasteiger partial charge in [0.15, 0.2) is 0 Å². The molecule has 0 spiro atoms. The summed E-state index contributed by atoms with van der Waals surface area (Å²) in [5.41, 5.74) is 0.193. The van der Waals surface area contributed by atoms with Crippen LogP contribution in [0.4, 0.5) is 0 Å². The number of nitrogens with one attached hydrogen (secondary N) is 1. The zero-order valence-corrected chi connectivity index (χ0v) is 11.8. The summed E-state index contributed by atoms with van der Waals surface area (Å²) in [5, 5.41) is 4.72. The Hall–Kier alpha value is -0.450. The minimum Gasteiger partial charge on any atom is -0.310 e. The van der Waals surface area contributed by atoms with E-state index < -0.39 is 0 Å². The van der Waals surface area contributed by atoms with Gasteiger partial charge in [-0.1, -0.05) is 6.92 Å². The predicted octanol–water partition coefficient (Wildman–Crippen LogP) is 2.14. The van der Waals surface area contributed by atoms with Gasteiger partial charge in [0.2, 0.25) is 0 Å². The molecule has 0 aliphatic carbocycles. The maximum absolute atomic E-state index is 4.35. The number of hydrogen-bond donors (Lipinski definition) is 1. The molecule has 0 fully saturated rings. The zero-order chi connectivity index (χ0) is 12.2. The van der Waals surface area contributed by atoms with Crippen molar-refractivity contribution in [3.63, 3.8) is 0 Å². The standard InChI is InChI=1S/C12H23N3S/c1-6-11-14-8-10(16-11)7-13-9-12(2,3)15(4)5/h8,13H,6-7,9H2,1-5H3. The Labute approximate surface area is 103 Å². The Balaban J connectivity index is 2.35. The average Bonchev–Trinajstić information content (AvgIpc) is 2.65. The summed E-state index contributed by atoms with van der Waals surface area (Å²) in [6.07, 6.45) is 3.02. The van der Waals surface area contributed by atoms with Crippen molar-refractivity contribution in [1.82, 2.24) is 15.2 Å². The molecule has 1 N–H and O–H groups in total. The normalized spacial score (nSPS) is 12.4. The van der Waals surface area contributed by atoms with Crippen LogP contribution in [0.25, 0.3) is 0 Å². The third-order valence-electron chi connectivity index (χ3n) is 2.97.